The Balaban J connectivity index is 1.75. The molecular formula is C19H17Cl2F3N6O3S. The maximum atomic E-state index is 13.2. The summed E-state index contributed by atoms with van der Waals surface area (Å²) >= 11 is 11.6. The zero-order valence-electron chi connectivity index (χ0n) is 17.3. The summed E-state index contributed by atoms with van der Waals surface area (Å²) in [4.78, 5) is 3.57. The molecule has 3 heterocycles. The summed E-state index contributed by atoms with van der Waals surface area (Å²) in [6, 6.07) is 3.36. The minimum Gasteiger partial charge on any atom is -0.378 e. The number of ether oxygens (including phenoxy) is 1. The average Bonchev–Trinajstić information content (AvgIpc) is 3.41. The quantitative estimate of drug-likeness (QED) is 0.494. The number of aromatic nitrogens is 4. The number of hydrogen-bond donors (Lipinski definition) is 2. The molecule has 0 saturated carbocycles. The van der Waals surface area contributed by atoms with Crippen LogP contribution in [0.15, 0.2) is 41.7 Å². The Morgan fingerprint density at radius 3 is 2.71 bits per heavy atom. The Kier molecular flexibility index (Phi) is 6.75. The molecule has 2 N–H and O–H groups in total. The molecule has 1 aliphatic heterocycles. The number of benzene rings is 1. The SMILES string of the molecule is COC1CNC[C@@H]1n1cnnc1-c1ncc(Cl)cc1NS(=O)(=O)c1ccc(Cl)c(C(F)(F)F)c1. The zero-order chi connectivity index (χ0) is 24.7. The van der Waals surface area contributed by atoms with Crippen LogP contribution in [-0.4, -0.2) is 54.5 Å². The minimum absolute atomic E-state index is 0.0808. The largest absolute Gasteiger partial charge is 0.417 e. The molecule has 1 saturated heterocycles. The van der Waals surface area contributed by atoms with Gasteiger partial charge in [-0.05, 0) is 24.3 Å². The molecule has 0 spiro atoms. The summed E-state index contributed by atoms with van der Waals surface area (Å²) in [5, 5.41) is 10.7. The summed E-state index contributed by atoms with van der Waals surface area (Å²) < 4.78 is 75.1. The van der Waals surface area contributed by atoms with E-state index in [1.165, 1.54) is 18.6 Å². The van der Waals surface area contributed by atoms with Crippen LogP contribution in [0.5, 0.6) is 0 Å². The highest BCUT2D eigenvalue weighted by atomic mass is 35.5. The first-order valence-corrected chi connectivity index (χ1v) is 11.9. The highest BCUT2D eigenvalue weighted by Crippen LogP contribution is 2.37. The molecule has 0 bridgehead atoms. The van der Waals surface area contributed by atoms with E-state index in [0.29, 0.717) is 19.2 Å². The molecule has 3 aromatic rings. The van der Waals surface area contributed by atoms with Gasteiger partial charge in [-0.2, -0.15) is 13.2 Å². The number of nitrogens with zero attached hydrogens (tertiary/aromatic N) is 4. The van der Waals surface area contributed by atoms with Gasteiger partial charge in [0.25, 0.3) is 10.0 Å². The van der Waals surface area contributed by atoms with Crippen LogP contribution in [0.25, 0.3) is 11.5 Å². The van der Waals surface area contributed by atoms with Crippen LogP contribution >= 0.6 is 23.2 Å². The molecule has 34 heavy (non-hydrogen) atoms. The van der Waals surface area contributed by atoms with Crippen molar-refractivity contribution < 1.29 is 26.3 Å². The third kappa shape index (κ3) is 4.84. The van der Waals surface area contributed by atoms with E-state index in [1.807, 2.05) is 0 Å². The smallest absolute Gasteiger partial charge is 0.378 e. The number of sulfonamides is 1. The number of hydrogen-bond acceptors (Lipinski definition) is 7. The van der Waals surface area contributed by atoms with Crippen molar-refractivity contribution in [1.29, 1.82) is 0 Å². The van der Waals surface area contributed by atoms with E-state index in [9.17, 15) is 21.6 Å². The molecule has 1 aliphatic rings. The summed E-state index contributed by atoms with van der Waals surface area (Å²) in [6.07, 6.45) is -2.28. The van der Waals surface area contributed by atoms with E-state index in [4.69, 9.17) is 27.9 Å². The summed E-state index contributed by atoms with van der Waals surface area (Å²) in [5.41, 5.74) is -1.29. The molecule has 0 aliphatic carbocycles. The third-order valence-corrected chi connectivity index (χ3v) is 7.12. The van der Waals surface area contributed by atoms with E-state index in [1.54, 1.807) is 11.7 Å². The van der Waals surface area contributed by atoms with E-state index in [-0.39, 0.29) is 34.4 Å². The average molecular weight is 537 g/mol. The second-order valence-corrected chi connectivity index (χ2v) is 9.88. The number of alkyl halides is 3. The molecule has 4 rings (SSSR count). The number of nitrogens with one attached hydrogen (secondary N) is 2. The van der Waals surface area contributed by atoms with Crippen LogP contribution < -0.4 is 10.0 Å². The molecule has 1 fully saturated rings. The van der Waals surface area contributed by atoms with Crippen molar-refractivity contribution in [3.8, 4) is 11.5 Å². The fourth-order valence-electron chi connectivity index (χ4n) is 3.60. The Hall–Kier alpha value is -2.45. The monoisotopic (exact) mass is 536 g/mol. The van der Waals surface area contributed by atoms with Gasteiger partial charge in [0.1, 0.15) is 12.0 Å². The van der Waals surface area contributed by atoms with Gasteiger partial charge in [-0.3, -0.25) is 4.72 Å². The molecule has 15 heteroatoms. The number of halogens is 5. The first-order chi connectivity index (χ1) is 16.0. The van der Waals surface area contributed by atoms with Crippen molar-refractivity contribution in [3.63, 3.8) is 0 Å². The van der Waals surface area contributed by atoms with Crippen LogP contribution in [0.1, 0.15) is 11.6 Å². The van der Waals surface area contributed by atoms with Crippen LogP contribution in [0.2, 0.25) is 10.0 Å². The van der Waals surface area contributed by atoms with Gasteiger partial charge >= 0.3 is 6.18 Å². The minimum atomic E-state index is -4.84. The molecule has 9 nitrogen and oxygen atoms in total. The van der Waals surface area contributed by atoms with Crippen molar-refractivity contribution in [2.24, 2.45) is 0 Å². The predicted octanol–water partition coefficient (Wildman–Crippen LogP) is 3.63. The van der Waals surface area contributed by atoms with Crippen molar-refractivity contribution in [2.45, 2.75) is 23.2 Å². The summed E-state index contributed by atoms with van der Waals surface area (Å²) in [7, 11) is -2.93. The first kappa shape index (κ1) is 24.7. The molecule has 0 radical (unpaired) electrons. The third-order valence-electron chi connectivity index (χ3n) is 5.23. The van der Waals surface area contributed by atoms with E-state index in [2.05, 4.69) is 25.2 Å². The maximum absolute atomic E-state index is 13.2. The van der Waals surface area contributed by atoms with Crippen molar-refractivity contribution in [1.82, 2.24) is 25.1 Å². The van der Waals surface area contributed by atoms with Crippen molar-refractivity contribution >= 4 is 38.9 Å². The Labute approximate surface area is 202 Å². The number of rotatable bonds is 6. The molecule has 2 aromatic heterocycles. The highest BCUT2D eigenvalue weighted by molar-refractivity contribution is 7.92. The number of methoxy groups -OCH3 is 1. The van der Waals surface area contributed by atoms with Gasteiger partial charge < -0.3 is 14.6 Å². The summed E-state index contributed by atoms with van der Waals surface area (Å²) in [6.45, 7) is 1.13. The molecule has 182 valence electrons. The lowest BCUT2D eigenvalue weighted by atomic mass is 10.2. The normalized spacial score (nSPS) is 18.9. The van der Waals surface area contributed by atoms with Gasteiger partial charge in [0.15, 0.2) is 5.82 Å². The topological polar surface area (TPSA) is 111 Å². The standard InChI is InChI=1S/C19H17Cl2F3N6O3S/c1-33-16-8-25-7-15(16)30-9-27-28-18(30)17-14(4-10(20)6-26-17)29-34(31,32)11-2-3-13(21)12(5-11)19(22,23)24/h2-6,9,15-16,25,29H,7-8H2,1H3/t15-,16?/m0/s1. The van der Waals surface area contributed by atoms with Crippen molar-refractivity contribution in [2.75, 3.05) is 24.9 Å². The van der Waals surface area contributed by atoms with E-state index < -0.39 is 31.7 Å². The Morgan fingerprint density at radius 1 is 1.24 bits per heavy atom. The lowest BCUT2D eigenvalue weighted by Gasteiger charge is -2.20. The lowest BCUT2D eigenvalue weighted by molar-refractivity contribution is -0.137. The van der Waals surface area contributed by atoms with Gasteiger partial charge in [-0.1, -0.05) is 23.2 Å². The van der Waals surface area contributed by atoms with Crippen molar-refractivity contribution in [3.05, 3.63) is 52.4 Å². The fraction of sp³-hybridized carbons (Fsp3) is 0.316. The van der Waals surface area contributed by atoms with Gasteiger partial charge in [0.05, 0.1) is 38.3 Å². The predicted molar refractivity (Wildman–Crippen MR) is 118 cm³/mol. The van der Waals surface area contributed by atoms with Crippen LogP contribution in [0.3, 0.4) is 0 Å². The number of anilines is 1. The molecular weight excluding hydrogens is 520 g/mol. The second-order valence-electron chi connectivity index (χ2n) is 7.36. The van der Waals surface area contributed by atoms with Gasteiger partial charge in [0.2, 0.25) is 0 Å². The van der Waals surface area contributed by atoms with Crippen LogP contribution in [0, 0.1) is 0 Å². The van der Waals surface area contributed by atoms with Gasteiger partial charge in [-0.15, -0.1) is 10.2 Å². The molecule has 0 amide bonds. The first-order valence-electron chi connectivity index (χ1n) is 9.70. The van der Waals surface area contributed by atoms with Crippen LogP contribution in [0.4, 0.5) is 18.9 Å². The summed E-state index contributed by atoms with van der Waals surface area (Å²) in [5.74, 6) is 0.220. The van der Waals surface area contributed by atoms with E-state index >= 15 is 0 Å². The molecule has 1 unspecified atom stereocenters. The van der Waals surface area contributed by atoms with Gasteiger partial charge in [0, 0.05) is 26.4 Å². The zero-order valence-corrected chi connectivity index (χ0v) is 19.7. The molecule has 1 aromatic carbocycles. The maximum Gasteiger partial charge on any atom is 0.417 e. The van der Waals surface area contributed by atoms with Gasteiger partial charge in [-0.25, -0.2) is 13.4 Å². The Bertz CT molecular complexity index is 1320. The second kappa shape index (κ2) is 9.30. The highest BCUT2D eigenvalue weighted by Gasteiger charge is 2.35. The number of pyridine rings is 1. The molecule has 2 atom stereocenters. The van der Waals surface area contributed by atoms with Crippen LogP contribution in [-0.2, 0) is 20.9 Å². The lowest BCUT2D eigenvalue weighted by Crippen LogP contribution is -2.25. The fourth-order valence-corrected chi connectivity index (χ4v) is 5.07. The van der Waals surface area contributed by atoms with E-state index in [0.717, 1.165) is 12.1 Å². The Morgan fingerprint density at radius 2 is 2.00 bits per heavy atom.